The molecular weight excluding hydrogens is 400 g/mol. The Labute approximate surface area is 177 Å². The molecule has 0 bridgehead atoms. The van der Waals surface area contributed by atoms with Crippen molar-refractivity contribution in [2.45, 2.75) is 41.7 Å². The van der Waals surface area contributed by atoms with Gasteiger partial charge in [0.15, 0.2) is 9.84 Å². The lowest BCUT2D eigenvalue weighted by molar-refractivity contribution is -0.118. The van der Waals surface area contributed by atoms with Gasteiger partial charge in [-0.05, 0) is 81.1 Å². The van der Waals surface area contributed by atoms with Crippen molar-refractivity contribution < 1.29 is 17.9 Å². The molecule has 0 unspecified atom stereocenters. The van der Waals surface area contributed by atoms with Crippen LogP contribution in [-0.4, -0.2) is 43.6 Å². The lowest BCUT2D eigenvalue weighted by atomic mass is 9.92. The van der Waals surface area contributed by atoms with Crippen LogP contribution in [0.15, 0.2) is 59.5 Å². The monoisotopic (exact) mass is 428 g/mol. The van der Waals surface area contributed by atoms with Gasteiger partial charge in [0.05, 0.1) is 9.64 Å². The molecule has 6 nitrogen and oxygen atoms in total. The third-order valence-electron chi connectivity index (χ3n) is 6.16. The van der Waals surface area contributed by atoms with E-state index in [1.54, 1.807) is 24.3 Å². The number of nitrogens with zero attached hydrogens (tertiary/aromatic N) is 1. The zero-order valence-corrected chi connectivity index (χ0v) is 17.8. The van der Waals surface area contributed by atoms with Crippen LogP contribution in [0.3, 0.4) is 0 Å². The van der Waals surface area contributed by atoms with E-state index in [1.807, 2.05) is 30.3 Å². The summed E-state index contributed by atoms with van der Waals surface area (Å²) < 4.78 is 31.8. The molecule has 0 spiro atoms. The molecule has 1 heterocycles. The highest BCUT2D eigenvalue weighted by molar-refractivity contribution is 7.92. The first-order chi connectivity index (χ1) is 14.4. The van der Waals surface area contributed by atoms with Crippen LogP contribution < -0.4 is 10.5 Å². The number of ether oxygens (including phenoxy) is 1. The van der Waals surface area contributed by atoms with Crippen molar-refractivity contribution in [3.05, 3.63) is 54.6 Å². The number of hydrogen-bond donors (Lipinski definition) is 1. The standard InChI is InChI=1S/C23H28N2O4S/c24-22(26)16-23(12-14-25(15-13-23)17-18-6-7-18)30(27,28)21-10-8-20(9-11-21)29-19-4-2-1-3-5-19/h1-5,8-11,18H,6-7,12-17H2,(H2,24,26). The van der Waals surface area contributed by atoms with Crippen molar-refractivity contribution in [2.24, 2.45) is 11.7 Å². The summed E-state index contributed by atoms with van der Waals surface area (Å²) in [6, 6.07) is 15.7. The number of sulfone groups is 1. The highest BCUT2D eigenvalue weighted by Gasteiger charge is 2.48. The normalized spacial score (nSPS) is 19.3. The molecule has 2 aromatic carbocycles. The number of primary amides is 1. The summed E-state index contributed by atoms with van der Waals surface area (Å²) in [6.07, 6.45) is 3.23. The predicted molar refractivity (Wildman–Crippen MR) is 115 cm³/mol. The van der Waals surface area contributed by atoms with Crippen molar-refractivity contribution in [1.82, 2.24) is 4.90 Å². The molecule has 2 aromatic rings. The maximum atomic E-state index is 13.6. The number of carbonyl (C=O) groups is 1. The van der Waals surface area contributed by atoms with Crippen LogP contribution in [0, 0.1) is 5.92 Å². The molecule has 30 heavy (non-hydrogen) atoms. The molecule has 1 saturated carbocycles. The summed E-state index contributed by atoms with van der Waals surface area (Å²) in [7, 11) is -3.73. The van der Waals surface area contributed by atoms with E-state index in [4.69, 9.17) is 10.5 Å². The van der Waals surface area contributed by atoms with Gasteiger partial charge in [-0.1, -0.05) is 18.2 Å². The largest absolute Gasteiger partial charge is 0.457 e. The Morgan fingerprint density at radius 1 is 1.00 bits per heavy atom. The van der Waals surface area contributed by atoms with Gasteiger partial charge in [0.2, 0.25) is 5.91 Å². The van der Waals surface area contributed by atoms with Crippen molar-refractivity contribution in [1.29, 1.82) is 0 Å². The fourth-order valence-electron chi connectivity index (χ4n) is 4.23. The third-order valence-corrected chi connectivity index (χ3v) is 8.75. The van der Waals surface area contributed by atoms with Crippen molar-refractivity contribution in [2.75, 3.05) is 19.6 Å². The third kappa shape index (κ3) is 4.52. The molecule has 160 valence electrons. The highest BCUT2D eigenvalue weighted by Crippen LogP contribution is 2.40. The lowest BCUT2D eigenvalue weighted by Crippen LogP contribution is -2.51. The average Bonchev–Trinajstić information content (AvgIpc) is 3.54. The van der Waals surface area contributed by atoms with Crippen molar-refractivity contribution in [3.8, 4) is 11.5 Å². The maximum absolute atomic E-state index is 13.6. The fraction of sp³-hybridized carbons (Fsp3) is 0.435. The van der Waals surface area contributed by atoms with E-state index in [1.165, 1.54) is 12.8 Å². The Bertz CT molecular complexity index is 978. The molecule has 0 radical (unpaired) electrons. The van der Waals surface area contributed by atoms with Gasteiger partial charge in [0.25, 0.3) is 0 Å². The summed E-state index contributed by atoms with van der Waals surface area (Å²) in [5.41, 5.74) is 5.48. The van der Waals surface area contributed by atoms with E-state index in [0.29, 0.717) is 37.4 Å². The summed E-state index contributed by atoms with van der Waals surface area (Å²) in [5, 5.41) is 0. The Hall–Kier alpha value is -2.38. The molecule has 0 atom stereocenters. The number of piperidine rings is 1. The number of likely N-dealkylation sites (tertiary alicyclic amines) is 1. The lowest BCUT2D eigenvalue weighted by Gasteiger charge is -2.40. The number of hydrogen-bond acceptors (Lipinski definition) is 5. The molecule has 1 aliphatic heterocycles. The highest BCUT2D eigenvalue weighted by atomic mass is 32.2. The Balaban J connectivity index is 1.53. The van der Waals surface area contributed by atoms with Crippen LogP contribution in [-0.2, 0) is 14.6 Å². The number of carbonyl (C=O) groups excluding carboxylic acids is 1. The smallest absolute Gasteiger partial charge is 0.219 e. The zero-order valence-electron chi connectivity index (χ0n) is 17.0. The molecule has 1 amide bonds. The minimum Gasteiger partial charge on any atom is -0.457 e. The first kappa shape index (κ1) is 20.9. The van der Waals surface area contributed by atoms with Crippen molar-refractivity contribution in [3.63, 3.8) is 0 Å². The maximum Gasteiger partial charge on any atom is 0.219 e. The minimum absolute atomic E-state index is 0.144. The van der Waals surface area contributed by atoms with E-state index in [9.17, 15) is 13.2 Å². The van der Waals surface area contributed by atoms with Crippen molar-refractivity contribution >= 4 is 15.7 Å². The van der Waals surface area contributed by atoms with Gasteiger partial charge >= 0.3 is 0 Å². The minimum atomic E-state index is -3.73. The van der Waals surface area contributed by atoms with Gasteiger partial charge in [-0.25, -0.2) is 8.42 Å². The van der Waals surface area contributed by atoms with Gasteiger partial charge in [0, 0.05) is 13.0 Å². The van der Waals surface area contributed by atoms with E-state index >= 15 is 0 Å². The van der Waals surface area contributed by atoms with Crippen LogP contribution in [0.2, 0.25) is 0 Å². The van der Waals surface area contributed by atoms with Gasteiger partial charge in [-0.3, -0.25) is 4.79 Å². The molecule has 2 fully saturated rings. The van der Waals surface area contributed by atoms with Crippen LogP contribution in [0.25, 0.3) is 0 Å². The number of rotatable bonds is 8. The van der Waals surface area contributed by atoms with Gasteiger partial charge < -0.3 is 15.4 Å². The molecule has 4 rings (SSSR count). The second-order valence-corrected chi connectivity index (χ2v) is 10.8. The topological polar surface area (TPSA) is 89.7 Å². The Morgan fingerprint density at radius 2 is 1.60 bits per heavy atom. The SMILES string of the molecule is NC(=O)CC1(S(=O)(=O)c2ccc(Oc3ccccc3)cc2)CCN(CC2CC2)CC1. The van der Waals surface area contributed by atoms with Crippen LogP contribution in [0.1, 0.15) is 32.1 Å². The Kier molecular flexibility index (Phi) is 5.84. The second kappa shape index (κ2) is 8.40. The summed E-state index contributed by atoms with van der Waals surface area (Å²) >= 11 is 0. The molecule has 1 aliphatic carbocycles. The van der Waals surface area contributed by atoms with Gasteiger partial charge in [-0.15, -0.1) is 0 Å². The summed E-state index contributed by atoms with van der Waals surface area (Å²) in [5.74, 6) is 1.42. The van der Waals surface area contributed by atoms with E-state index < -0.39 is 20.5 Å². The second-order valence-electron chi connectivity index (χ2n) is 8.46. The summed E-state index contributed by atoms with van der Waals surface area (Å²) in [4.78, 5) is 14.3. The van der Waals surface area contributed by atoms with Gasteiger partial charge in [-0.2, -0.15) is 0 Å². The molecule has 7 heteroatoms. The average molecular weight is 429 g/mol. The number of benzene rings is 2. The first-order valence-corrected chi connectivity index (χ1v) is 11.9. The van der Waals surface area contributed by atoms with E-state index in [-0.39, 0.29) is 11.3 Å². The van der Waals surface area contributed by atoms with Gasteiger partial charge in [0.1, 0.15) is 11.5 Å². The van der Waals surface area contributed by atoms with Crippen LogP contribution >= 0.6 is 0 Å². The quantitative estimate of drug-likeness (QED) is 0.696. The van der Waals surface area contributed by atoms with Crippen LogP contribution in [0.5, 0.6) is 11.5 Å². The molecule has 0 aromatic heterocycles. The predicted octanol–water partition coefficient (Wildman–Crippen LogP) is 3.37. The molecular formula is C23H28N2O4S. The first-order valence-electron chi connectivity index (χ1n) is 10.5. The molecule has 1 saturated heterocycles. The van der Waals surface area contributed by atoms with E-state index in [0.717, 1.165) is 12.5 Å². The van der Waals surface area contributed by atoms with Crippen LogP contribution in [0.4, 0.5) is 0 Å². The number of para-hydroxylation sites is 1. The van der Waals surface area contributed by atoms with E-state index in [2.05, 4.69) is 4.90 Å². The molecule has 2 aliphatic rings. The number of amides is 1. The number of nitrogens with two attached hydrogens (primary N) is 1. The zero-order chi connectivity index (χ0) is 21.2. The Morgan fingerprint density at radius 3 is 2.17 bits per heavy atom. The molecule has 2 N–H and O–H groups in total. The fourth-order valence-corrected chi connectivity index (χ4v) is 6.27. The summed E-state index contributed by atoms with van der Waals surface area (Å²) in [6.45, 7) is 2.38.